The first kappa shape index (κ1) is 19.7. The fourth-order valence-electron chi connectivity index (χ4n) is 4.12. The van der Waals surface area contributed by atoms with Gasteiger partial charge in [0.2, 0.25) is 5.91 Å². The average Bonchev–Trinajstić information content (AvgIpc) is 3.24. The SMILES string of the molecule is O=C(N1CCN(c2ccc([N+](=O)[O-])cn2)CC1)C1(Sc2ccccc2)CCCC1. The number of thioether (sulfide) groups is 1. The highest BCUT2D eigenvalue weighted by atomic mass is 32.2. The number of anilines is 1. The smallest absolute Gasteiger partial charge is 0.287 e. The molecular formula is C21H24N4O3S. The van der Waals surface area contributed by atoms with E-state index in [1.165, 1.54) is 12.3 Å². The molecule has 1 saturated heterocycles. The van der Waals surface area contributed by atoms with Gasteiger partial charge >= 0.3 is 0 Å². The molecule has 0 N–H and O–H groups in total. The number of amides is 1. The molecule has 0 unspecified atom stereocenters. The van der Waals surface area contributed by atoms with Crippen molar-refractivity contribution in [3.05, 3.63) is 58.8 Å². The van der Waals surface area contributed by atoms with Crippen LogP contribution in [0.5, 0.6) is 0 Å². The van der Waals surface area contributed by atoms with Crippen LogP contribution in [0.3, 0.4) is 0 Å². The van der Waals surface area contributed by atoms with Gasteiger partial charge in [-0.3, -0.25) is 14.9 Å². The minimum Gasteiger partial charge on any atom is -0.353 e. The molecule has 2 aromatic rings. The molecule has 4 rings (SSSR count). The summed E-state index contributed by atoms with van der Waals surface area (Å²) in [5, 5.41) is 10.8. The number of nitrogens with zero attached hydrogens (tertiary/aromatic N) is 4. The lowest BCUT2D eigenvalue weighted by molar-refractivity contribution is -0.385. The molecule has 2 fully saturated rings. The van der Waals surface area contributed by atoms with E-state index in [1.807, 2.05) is 23.1 Å². The highest BCUT2D eigenvalue weighted by Gasteiger charge is 2.45. The molecule has 1 amide bonds. The molecule has 2 heterocycles. The number of pyridine rings is 1. The number of carbonyl (C=O) groups excluding carboxylic acids is 1. The molecular weight excluding hydrogens is 388 g/mol. The number of hydrogen-bond donors (Lipinski definition) is 0. The Hall–Kier alpha value is -2.61. The molecule has 0 radical (unpaired) electrons. The van der Waals surface area contributed by atoms with Crippen molar-refractivity contribution in [1.29, 1.82) is 0 Å². The predicted molar refractivity (Wildman–Crippen MR) is 113 cm³/mol. The second-order valence-electron chi connectivity index (χ2n) is 7.53. The van der Waals surface area contributed by atoms with E-state index in [1.54, 1.807) is 17.8 Å². The van der Waals surface area contributed by atoms with Crippen molar-refractivity contribution >= 4 is 29.2 Å². The van der Waals surface area contributed by atoms with Gasteiger partial charge in [0.25, 0.3) is 5.69 Å². The number of carbonyl (C=O) groups is 1. The molecule has 1 saturated carbocycles. The zero-order valence-corrected chi connectivity index (χ0v) is 17.0. The topological polar surface area (TPSA) is 79.6 Å². The second kappa shape index (κ2) is 8.41. The van der Waals surface area contributed by atoms with Crippen molar-refractivity contribution in [2.75, 3.05) is 31.1 Å². The Morgan fingerprint density at radius 1 is 1.03 bits per heavy atom. The maximum atomic E-state index is 13.5. The lowest BCUT2D eigenvalue weighted by Crippen LogP contribution is -2.54. The Balaban J connectivity index is 1.41. The molecule has 1 aliphatic carbocycles. The van der Waals surface area contributed by atoms with Crippen LogP contribution < -0.4 is 4.90 Å². The van der Waals surface area contributed by atoms with E-state index in [2.05, 4.69) is 22.0 Å². The fourth-order valence-corrected chi connectivity index (χ4v) is 5.57. The van der Waals surface area contributed by atoms with Crippen molar-refractivity contribution in [1.82, 2.24) is 9.88 Å². The van der Waals surface area contributed by atoms with E-state index in [0.717, 1.165) is 36.4 Å². The van der Waals surface area contributed by atoms with Gasteiger partial charge in [0.05, 0.1) is 9.67 Å². The second-order valence-corrected chi connectivity index (χ2v) is 8.98. The van der Waals surface area contributed by atoms with Crippen LogP contribution in [0, 0.1) is 10.1 Å². The number of rotatable bonds is 5. The first-order chi connectivity index (χ1) is 14.1. The van der Waals surface area contributed by atoms with Crippen LogP contribution in [0.15, 0.2) is 53.6 Å². The Bertz CT molecular complexity index is 861. The van der Waals surface area contributed by atoms with Gasteiger partial charge < -0.3 is 9.80 Å². The summed E-state index contributed by atoms with van der Waals surface area (Å²) >= 11 is 1.72. The molecule has 8 heteroatoms. The van der Waals surface area contributed by atoms with Crippen molar-refractivity contribution in [2.24, 2.45) is 0 Å². The van der Waals surface area contributed by atoms with Gasteiger partial charge in [0, 0.05) is 37.1 Å². The summed E-state index contributed by atoms with van der Waals surface area (Å²) in [4.78, 5) is 33.3. The molecule has 0 atom stereocenters. The first-order valence-electron chi connectivity index (χ1n) is 9.96. The van der Waals surface area contributed by atoms with E-state index < -0.39 is 4.92 Å². The third-order valence-corrected chi connectivity index (χ3v) is 7.17. The number of hydrogen-bond acceptors (Lipinski definition) is 6. The van der Waals surface area contributed by atoms with Crippen molar-refractivity contribution < 1.29 is 9.72 Å². The van der Waals surface area contributed by atoms with E-state index in [-0.39, 0.29) is 16.3 Å². The van der Waals surface area contributed by atoms with Gasteiger partial charge in [-0.1, -0.05) is 31.0 Å². The van der Waals surface area contributed by atoms with Crippen LogP contribution in [0.2, 0.25) is 0 Å². The molecule has 1 aromatic carbocycles. The van der Waals surface area contributed by atoms with Crippen LogP contribution in [-0.4, -0.2) is 51.6 Å². The van der Waals surface area contributed by atoms with Gasteiger partial charge in [-0.2, -0.15) is 0 Å². The zero-order chi connectivity index (χ0) is 20.3. The fraction of sp³-hybridized carbons (Fsp3) is 0.429. The molecule has 1 aromatic heterocycles. The summed E-state index contributed by atoms with van der Waals surface area (Å²) in [6, 6.07) is 13.4. The van der Waals surface area contributed by atoms with Crippen LogP contribution in [0.4, 0.5) is 11.5 Å². The number of nitro groups is 1. The number of piperazine rings is 1. The lowest BCUT2D eigenvalue weighted by atomic mass is 10.0. The normalized spacial score (nSPS) is 18.6. The zero-order valence-electron chi connectivity index (χ0n) is 16.2. The average molecular weight is 413 g/mol. The lowest BCUT2D eigenvalue weighted by Gasteiger charge is -2.40. The van der Waals surface area contributed by atoms with Gasteiger partial charge in [0.15, 0.2) is 0 Å². The van der Waals surface area contributed by atoms with E-state index in [4.69, 9.17) is 0 Å². The first-order valence-corrected chi connectivity index (χ1v) is 10.8. The number of benzene rings is 1. The van der Waals surface area contributed by atoms with Crippen LogP contribution >= 0.6 is 11.8 Å². The minimum atomic E-state index is -0.446. The van der Waals surface area contributed by atoms with Crippen molar-refractivity contribution in [2.45, 2.75) is 35.3 Å². The third-order valence-electron chi connectivity index (χ3n) is 5.69. The molecule has 1 aliphatic heterocycles. The van der Waals surface area contributed by atoms with Gasteiger partial charge in [-0.15, -0.1) is 11.8 Å². The van der Waals surface area contributed by atoms with Crippen molar-refractivity contribution in [3.63, 3.8) is 0 Å². The maximum absolute atomic E-state index is 13.5. The molecule has 152 valence electrons. The summed E-state index contributed by atoms with van der Waals surface area (Å²) in [6.45, 7) is 2.66. The van der Waals surface area contributed by atoms with Crippen LogP contribution in [0.25, 0.3) is 0 Å². The molecule has 7 nitrogen and oxygen atoms in total. The molecule has 29 heavy (non-hydrogen) atoms. The summed E-state index contributed by atoms with van der Waals surface area (Å²) in [5.41, 5.74) is -0.0105. The summed E-state index contributed by atoms with van der Waals surface area (Å²) in [6.07, 6.45) is 5.33. The van der Waals surface area contributed by atoms with Gasteiger partial charge in [-0.05, 0) is 31.0 Å². The third kappa shape index (κ3) is 4.22. The minimum absolute atomic E-state index is 0.0105. The Morgan fingerprint density at radius 2 is 1.72 bits per heavy atom. The Morgan fingerprint density at radius 3 is 2.31 bits per heavy atom. The predicted octanol–water partition coefficient (Wildman–Crippen LogP) is 3.74. The quantitative estimate of drug-likeness (QED) is 0.550. The molecule has 0 spiro atoms. The highest BCUT2D eigenvalue weighted by molar-refractivity contribution is 8.01. The summed E-state index contributed by atoms with van der Waals surface area (Å²) in [7, 11) is 0. The number of aromatic nitrogens is 1. The molecule has 0 bridgehead atoms. The van der Waals surface area contributed by atoms with E-state index in [9.17, 15) is 14.9 Å². The summed E-state index contributed by atoms with van der Waals surface area (Å²) < 4.78 is -0.352. The van der Waals surface area contributed by atoms with E-state index >= 15 is 0 Å². The highest BCUT2D eigenvalue weighted by Crippen LogP contribution is 2.46. The van der Waals surface area contributed by atoms with Gasteiger partial charge in [-0.25, -0.2) is 4.98 Å². The van der Waals surface area contributed by atoms with Crippen LogP contribution in [-0.2, 0) is 4.79 Å². The Kier molecular flexibility index (Phi) is 5.71. The van der Waals surface area contributed by atoms with Crippen molar-refractivity contribution in [3.8, 4) is 0 Å². The molecule has 2 aliphatic rings. The monoisotopic (exact) mass is 412 g/mol. The standard InChI is InChI=1S/C21H24N4O3S/c26-20(21(10-4-5-11-21)29-18-6-2-1-3-7-18)24-14-12-23(13-15-24)19-9-8-17(16-22-19)25(27)28/h1-3,6-9,16H,4-5,10-15H2. The Labute approximate surface area is 174 Å². The van der Waals surface area contributed by atoms with Gasteiger partial charge in [0.1, 0.15) is 12.0 Å². The largest absolute Gasteiger partial charge is 0.353 e. The maximum Gasteiger partial charge on any atom is 0.287 e. The van der Waals surface area contributed by atoms with Crippen LogP contribution in [0.1, 0.15) is 25.7 Å². The summed E-state index contributed by atoms with van der Waals surface area (Å²) in [5.74, 6) is 0.970. The van der Waals surface area contributed by atoms with E-state index in [0.29, 0.717) is 26.2 Å².